The molecule has 5 heterocycles. The van der Waals surface area contributed by atoms with Gasteiger partial charge in [0.25, 0.3) is 0 Å². The molecule has 15 rings (SSSR count). The van der Waals surface area contributed by atoms with Gasteiger partial charge in [-0.15, -0.1) is 22.7 Å². The van der Waals surface area contributed by atoms with E-state index in [9.17, 15) is 5.26 Å². The Kier molecular flexibility index (Phi) is 8.96. The number of nitriles is 1. The molecule has 5 aromatic heterocycles. The van der Waals surface area contributed by atoms with Crippen molar-refractivity contribution in [3.05, 3.63) is 224 Å². The summed E-state index contributed by atoms with van der Waals surface area (Å²) in [6, 6.07) is 79.6. The first-order valence-electron chi connectivity index (χ1n) is 23.9. The molecule has 0 aliphatic carbocycles. The topological polar surface area (TPSA) is 72.3 Å². The highest BCUT2D eigenvalue weighted by Gasteiger charge is 2.24. The van der Waals surface area contributed by atoms with Gasteiger partial charge in [0.05, 0.1) is 33.3 Å². The van der Waals surface area contributed by atoms with Gasteiger partial charge in [0.15, 0.2) is 17.5 Å². The van der Waals surface area contributed by atoms with Gasteiger partial charge in [0.2, 0.25) is 0 Å². The van der Waals surface area contributed by atoms with Crippen LogP contribution < -0.4 is 0 Å². The lowest BCUT2D eigenvalue weighted by molar-refractivity contribution is 1.07. The lowest BCUT2D eigenvalue weighted by Crippen LogP contribution is -2.03. The molecule has 0 bridgehead atoms. The van der Waals surface area contributed by atoms with Gasteiger partial charge in [-0.25, -0.2) is 15.0 Å². The van der Waals surface area contributed by atoms with Crippen molar-refractivity contribution in [1.29, 1.82) is 5.26 Å². The van der Waals surface area contributed by atoms with Gasteiger partial charge in [0.1, 0.15) is 6.07 Å². The summed E-state index contributed by atoms with van der Waals surface area (Å²) >= 11 is 3.62. The van der Waals surface area contributed by atoms with Gasteiger partial charge in [0, 0.05) is 84.3 Å². The monoisotopic (exact) mass is 952 g/mol. The second kappa shape index (κ2) is 15.9. The first kappa shape index (κ1) is 40.6. The van der Waals surface area contributed by atoms with Gasteiger partial charge < -0.3 is 9.13 Å². The standard InChI is InChI=1S/C64H36N6S2/c65-37-41-34-39(62-66-63(40-27-32-58-50(35-40)45-18-8-12-24-56(45)71-58)68-64(67-62)48-20-5-4-16-43(48)38-14-2-1-3-15-38)26-30-52(41)70-53-22-10-6-17-44(53)47-29-31-55-60(61(47)70)49-21-7-11-23-54(49)69(55)42-28-33-59-51(36-42)46-19-9-13-25-57(46)72-59/h1-36H. The van der Waals surface area contributed by atoms with Crippen molar-refractivity contribution >= 4 is 107 Å². The van der Waals surface area contributed by atoms with E-state index in [1.807, 2.05) is 35.6 Å². The fraction of sp³-hybridized carbons (Fsp3) is 0. The molecule has 0 N–H and O–H groups in total. The quantitative estimate of drug-likeness (QED) is 0.166. The Hall–Kier alpha value is -9.26. The summed E-state index contributed by atoms with van der Waals surface area (Å²) in [6.07, 6.45) is 0. The summed E-state index contributed by atoms with van der Waals surface area (Å²) < 4.78 is 9.69. The van der Waals surface area contributed by atoms with Crippen LogP contribution in [0.4, 0.5) is 0 Å². The zero-order chi connectivity index (χ0) is 47.4. The van der Waals surface area contributed by atoms with Crippen molar-refractivity contribution in [3.8, 4) is 62.7 Å². The second-order valence-corrected chi connectivity index (χ2v) is 20.4. The molecular formula is C64H36N6S2. The van der Waals surface area contributed by atoms with Crippen molar-refractivity contribution in [2.24, 2.45) is 0 Å². The summed E-state index contributed by atoms with van der Waals surface area (Å²) in [7, 11) is 0. The van der Waals surface area contributed by atoms with E-state index in [0.717, 1.165) is 88.2 Å². The van der Waals surface area contributed by atoms with Crippen LogP contribution in [-0.2, 0) is 0 Å². The Labute approximate surface area is 420 Å². The van der Waals surface area contributed by atoms with Crippen LogP contribution >= 0.6 is 22.7 Å². The summed E-state index contributed by atoms with van der Waals surface area (Å²) in [5, 5.41) is 20.7. The molecule has 0 unspecified atom stereocenters. The fourth-order valence-electron chi connectivity index (χ4n) is 11.0. The molecule has 0 aliphatic heterocycles. The Morgan fingerprint density at radius 2 is 0.917 bits per heavy atom. The zero-order valence-electron chi connectivity index (χ0n) is 38.3. The van der Waals surface area contributed by atoms with E-state index in [4.69, 9.17) is 15.0 Å². The third-order valence-electron chi connectivity index (χ3n) is 14.2. The van der Waals surface area contributed by atoms with Crippen LogP contribution in [0.2, 0.25) is 0 Å². The maximum atomic E-state index is 11.3. The Morgan fingerprint density at radius 3 is 1.65 bits per heavy atom. The molecule has 10 aromatic carbocycles. The molecule has 0 amide bonds. The normalized spacial score (nSPS) is 11.9. The maximum absolute atomic E-state index is 11.3. The van der Waals surface area contributed by atoms with Crippen LogP contribution in [0, 0.1) is 11.3 Å². The van der Waals surface area contributed by atoms with E-state index in [1.165, 1.54) is 35.0 Å². The maximum Gasteiger partial charge on any atom is 0.164 e. The van der Waals surface area contributed by atoms with E-state index >= 15 is 0 Å². The lowest BCUT2D eigenvalue weighted by atomic mass is 9.99. The number of hydrogen-bond donors (Lipinski definition) is 0. The van der Waals surface area contributed by atoms with Gasteiger partial charge in [-0.3, -0.25) is 0 Å². The van der Waals surface area contributed by atoms with Crippen molar-refractivity contribution in [2.45, 2.75) is 0 Å². The molecule has 0 fully saturated rings. The predicted molar refractivity (Wildman–Crippen MR) is 301 cm³/mol. The SMILES string of the molecule is N#Cc1cc(-c2nc(-c3ccc4sc5ccccc5c4c3)nc(-c3ccccc3-c3ccccc3)n2)ccc1-n1c2ccccc2c2ccc3c(c4ccccc4n3-c3ccc4sc5ccccc5c4c3)c21. The van der Waals surface area contributed by atoms with E-state index in [0.29, 0.717) is 23.0 Å². The Balaban J connectivity index is 0.948. The molecule has 15 aromatic rings. The molecule has 6 nitrogen and oxygen atoms in total. The van der Waals surface area contributed by atoms with Gasteiger partial charge in [-0.05, 0) is 96.1 Å². The number of aromatic nitrogens is 5. The molecule has 8 heteroatoms. The molecule has 0 saturated heterocycles. The number of benzene rings is 10. The minimum atomic E-state index is 0.485. The average molecular weight is 953 g/mol. The van der Waals surface area contributed by atoms with Crippen molar-refractivity contribution in [3.63, 3.8) is 0 Å². The highest BCUT2D eigenvalue weighted by molar-refractivity contribution is 7.26. The van der Waals surface area contributed by atoms with Crippen LogP contribution in [0.1, 0.15) is 5.56 Å². The molecule has 0 atom stereocenters. The average Bonchev–Trinajstić information content (AvgIpc) is 4.20. The first-order chi connectivity index (χ1) is 35.6. The second-order valence-electron chi connectivity index (χ2n) is 18.2. The van der Waals surface area contributed by atoms with Gasteiger partial charge in [-0.1, -0.05) is 133 Å². The number of rotatable bonds is 6. The van der Waals surface area contributed by atoms with Crippen molar-refractivity contribution in [2.75, 3.05) is 0 Å². The van der Waals surface area contributed by atoms with Crippen LogP contribution in [-0.4, -0.2) is 24.1 Å². The van der Waals surface area contributed by atoms with Gasteiger partial charge >= 0.3 is 0 Å². The van der Waals surface area contributed by atoms with E-state index in [1.54, 1.807) is 11.3 Å². The van der Waals surface area contributed by atoms with Crippen LogP contribution in [0.25, 0.3) is 141 Å². The number of para-hydroxylation sites is 2. The van der Waals surface area contributed by atoms with Crippen molar-refractivity contribution < 1.29 is 0 Å². The molecule has 0 spiro atoms. The minimum absolute atomic E-state index is 0.485. The Bertz CT molecular complexity index is 4780. The van der Waals surface area contributed by atoms with Crippen LogP contribution in [0.3, 0.4) is 0 Å². The molecule has 72 heavy (non-hydrogen) atoms. The van der Waals surface area contributed by atoms with Crippen molar-refractivity contribution in [1.82, 2.24) is 24.1 Å². The summed E-state index contributed by atoms with van der Waals surface area (Å²) in [5.41, 5.74) is 11.3. The number of hydrogen-bond acceptors (Lipinski definition) is 6. The summed E-state index contributed by atoms with van der Waals surface area (Å²) in [6.45, 7) is 0. The third-order valence-corrected chi connectivity index (χ3v) is 16.5. The Morgan fingerprint density at radius 1 is 0.361 bits per heavy atom. The predicted octanol–water partition coefficient (Wildman–Crippen LogP) is 17.3. The van der Waals surface area contributed by atoms with Gasteiger partial charge in [-0.2, -0.15) is 5.26 Å². The summed E-state index contributed by atoms with van der Waals surface area (Å²) in [5.74, 6) is 1.60. The smallest absolute Gasteiger partial charge is 0.164 e. The van der Waals surface area contributed by atoms with Crippen LogP contribution in [0.5, 0.6) is 0 Å². The number of nitrogens with zero attached hydrogens (tertiary/aromatic N) is 6. The van der Waals surface area contributed by atoms with E-state index < -0.39 is 0 Å². The lowest BCUT2D eigenvalue weighted by Gasteiger charge is -2.14. The molecule has 334 valence electrons. The molecule has 0 aliphatic rings. The molecule has 0 saturated carbocycles. The highest BCUT2D eigenvalue weighted by Crippen LogP contribution is 2.44. The number of thiophene rings is 2. The first-order valence-corrected chi connectivity index (χ1v) is 25.5. The fourth-order valence-corrected chi connectivity index (χ4v) is 13.2. The number of fused-ring (bicyclic) bond motifs is 13. The zero-order valence-corrected chi connectivity index (χ0v) is 39.9. The molecular weight excluding hydrogens is 917 g/mol. The van der Waals surface area contributed by atoms with E-state index in [2.05, 4.69) is 209 Å². The molecule has 0 radical (unpaired) electrons. The minimum Gasteiger partial charge on any atom is -0.309 e. The summed E-state index contributed by atoms with van der Waals surface area (Å²) in [4.78, 5) is 15.7. The highest BCUT2D eigenvalue weighted by atomic mass is 32.1. The van der Waals surface area contributed by atoms with E-state index in [-0.39, 0.29) is 0 Å². The largest absolute Gasteiger partial charge is 0.309 e. The third kappa shape index (κ3) is 6.15. The van der Waals surface area contributed by atoms with Crippen LogP contribution in [0.15, 0.2) is 218 Å².